The van der Waals surface area contributed by atoms with Crippen LogP contribution in [-0.2, 0) is 0 Å². The molecule has 0 radical (unpaired) electrons. The van der Waals surface area contributed by atoms with E-state index in [1.807, 2.05) is 0 Å². The molecule has 1 saturated carbocycles. The summed E-state index contributed by atoms with van der Waals surface area (Å²) in [6.07, 6.45) is 6.09. The lowest BCUT2D eigenvalue weighted by molar-refractivity contribution is 0.387. The second-order valence-electron chi connectivity index (χ2n) is 2.92. The fourth-order valence-electron chi connectivity index (χ4n) is 1.51. The quantitative estimate of drug-likeness (QED) is 0.517. The Morgan fingerprint density at radius 1 is 1.40 bits per heavy atom. The average molecular weight is 249 g/mol. The van der Waals surface area contributed by atoms with Gasteiger partial charge in [0.15, 0.2) is 0 Å². The number of hydrogen-bond donors (Lipinski definition) is 0. The maximum atomic E-state index is 8.48. The minimum Gasteiger partial charge on any atom is -0.198 e. The Kier molecular flexibility index (Phi) is 3.47. The van der Waals surface area contributed by atoms with Gasteiger partial charge in [0.05, 0.1) is 6.07 Å². The van der Waals surface area contributed by atoms with Crippen LogP contribution in [0.15, 0.2) is 0 Å². The van der Waals surface area contributed by atoms with Gasteiger partial charge in [-0.1, -0.05) is 35.4 Å². The standard InChI is InChI=1S/C8H12IN/c9-8-4-2-1-3-7(8)5-6-10/h7-8H,1-5H2/t7-,8-/m0/s1. The number of hydrogen-bond acceptors (Lipinski definition) is 1. The van der Waals surface area contributed by atoms with Crippen LogP contribution in [0.4, 0.5) is 0 Å². The van der Waals surface area contributed by atoms with E-state index >= 15 is 0 Å². The molecule has 2 atom stereocenters. The van der Waals surface area contributed by atoms with Crippen molar-refractivity contribution in [2.75, 3.05) is 0 Å². The molecule has 0 aromatic rings. The van der Waals surface area contributed by atoms with E-state index in [4.69, 9.17) is 5.26 Å². The summed E-state index contributed by atoms with van der Waals surface area (Å²) in [4.78, 5) is 0. The van der Waals surface area contributed by atoms with Crippen LogP contribution < -0.4 is 0 Å². The van der Waals surface area contributed by atoms with Crippen LogP contribution in [0.3, 0.4) is 0 Å². The highest BCUT2D eigenvalue weighted by Crippen LogP contribution is 2.31. The Balaban J connectivity index is 2.34. The molecule has 0 heterocycles. The molecule has 2 heteroatoms. The van der Waals surface area contributed by atoms with Crippen LogP contribution >= 0.6 is 22.6 Å². The number of rotatable bonds is 1. The largest absolute Gasteiger partial charge is 0.198 e. The Labute approximate surface area is 75.9 Å². The summed E-state index contributed by atoms with van der Waals surface area (Å²) in [6, 6.07) is 2.26. The summed E-state index contributed by atoms with van der Waals surface area (Å²) in [6.45, 7) is 0. The van der Waals surface area contributed by atoms with E-state index in [0.29, 0.717) is 5.92 Å². The van der Waals surface area contributed by atoms with Crippen LogP contribution in [0.2, 0.25) is 0 Å². The van der Waals surface area contributed by atoms with Crippen LogP contribution in [0.25, 0.3) is 0 Å². The summed E-state index contributed by atoms with van der Waals surface area (Å²) >= 11 is 2.49. The Morgan fingerprint density at radius 3 is 2.70 bits per heavy atom. The van der Waals surface area contributed by atoms with Crippen LogP contribution in [0, 0.1) is 17.2 Å². The molecular weight excluding hydrogens is 237 g/mol. The van der Waals surface area contributed by atoms with Gasteiger partial charge in [0.1, 0.15) is 0 Å². The first kappa shape index (κ1) is 8.32. The Bertz CT molecular complexity index is 139. The molecule has 0 unspecified atom stereocenters. The smallest absolute Gasteiger partial charge is 0.0625 e. The van der Waals surface area contributed by atoms with E-state index in [2.05, 4.69) is 28.7 Å². The zero-order valence-electron chi connectivity index (χ0n) is 6.02. The first-order chi connectivity index (χ1) is 4.84. The van der Waals surface area contributed by atoms with E-state index in [1.54, 1.807) is 0 Å². The highest BCUT2D eigenvalue weighted by atomic mass is 127. The van der Waals surface area contributed by atoms with E-state index in [0.717, 1.165) is 10.3 Å². The third-order valence-electron chi connectivity index (χ3n) is 2.17. The summed E-state index contributed by atoms with van der Waals surface area (Å²) in [7, 11) is 0. The van der Waals surface area contributed by atoms with Crippen LogP contribution in [0.1, 0.15) is 32.1 Å². The predicted octanol–water partition coefficient (Wildman–Crippen LogP) is 2.89. The van der Waals surface area contributed by atoms with E-state index in [1.165, 1.54) is 25.7 Å². The van der Waals surface area contributed by atoms with Crippen molar-refractivity contribution in [2.24, 2.45) is 5.92 Å². The number of nitrogens with zero attached hydrogens (tertiary/aromatic N) is 1. The van der Waals surface area contributed by atoms with Crippen molar-refractivity contribution < 1.29 is 0 Å². The molecule has 0 saturated heterocycles. The monoisotopic (exact) mass is 249 g/mol. The van der Waals surface area contributed by atoms with Crippen molar-refractivity contribution in [1.82, 2.24) is 0 Å². The van der Waals surface area contributed by atoms with E-state index in [9.17, 15) is 0 Å². The van der Waals surface area contributed by atoms with Gasteiger partial charge in [-0.3, -0.25) is 0 Å². The zero-order chi connectivity index (χ0) is 7.40. The highest BCUT2D eigenvalue weighted by Gasteiger charge is 2.21. The lowest BCUT2D eigenvalue weighted by Crippen LogP contribution is -2.18. The molecule has 0 spiro atoms. The molecule has 0 aromatic heterocycles. The third kappa shape index (κ3) is 2.12. The summed E-state index contributed by atoms with van der Waals surface area (Å²) in [5.41, 5.74) is 0. The van der Waals surface area contributed by atoms with Crippen molar-refractivity contribution in [1.29, 1.82) is 5.26 Å². The SMILES string of the molecule is N#CC[C@@H]1CCCC[C@@H]1I. The molecule has 0 bridgehead atoms. The maximum Gasteiger partial charge on any atom is 0.0625 e. The van der Waals surface area contributed by atoms with Gasteiger partial charge in [-0.2, -0.15) is 5.26 Å². The van der Waals surface area contributed by atoms with Crippen LogP contribution in [-0.4, -0.2) is 3.92 Å². The van der Waals surface area contributed by atoms with E-state index in [-0.39, 0.29) is 0 Å². The lowest BCUT2D eigenvalue weighted by Gasteiger charge is -2.24. The average Bonchev–Trinajstić information content (AvgIpc) is 1.94. The molecule has 1 nitrogen and oxygen atoms in total. The molecule has 0 amide bonds. The zero-order valence-corrected chi connectivity index (χ0v) is 8.17. The second-order valence-corrected chi connectivity index (χ2v) is 4.52. The van der Waals surface area contributed by atoms with Gasteiger partial charge in [0.25, 0.3) is 0 Å². The first-order valence-corrected chi connectivity index (χ1v) is 5.10. The highest BCUT2D eigenvalue weighted by molar-refractivity contribution is 14.1. The van der Waals surface area contributed by atoms with Crippen molar-refractivity contribution in [3.05, 3.63) is 0 Å². The van der Waals surface area contributed by atoms with Gasteiger partial charge >= 0.3 is 0 Å². The summed E-state index contributed by atoms with van der Waals surface area (Å²) in [5, 5.41) is 8.48. The molecule has 0 aromatic carbocycles. The maximum absolute atomic E-state index is 8.48. The molecular formula is C8H12IN. The van der Waals surface area contributed by atoms with Crippen molar-refractivity contribution in [2.45, 2.75) is 36.0 Å². The van der Waals surface area contributed by atoms with Gasteiger partial charge in [-0.15, -0.1) is 0 Å². The summed E-state index contributed by atoms with van der Waals surface area (Å²) in [5.74, 6) is 0.694. The molecule has 10 heavy (non-hydrogen) atoms. The second kappa shape index (κ2) is 4.17. The van der Waals surface area contributed by atoms with Crippen molar-refractivity contribution in [3.8, 4) is 6.07 Å². The molecule has 1 aliphatic carbocycles. The van der Waals surface area contributed by atoms with Gasteiger partial charge < -0.3 is 0 Å². The van der Waals surface area contributed by atoms with Crippen molar-refractivity contribution in [3.63, 3.8) is 0 Å². The fraction of sp³-hybridized carbons (Fsp3) is 0.875. The number of halogens is 1. The van der Waals surface area contributed by atoms with Gasteiger partial charge in [0, 0.05) is 10.3 Å². The summed E-state index contributed by atoms with van der Waals surface area (Å²) < 4.78 is 0.769. The predicted molar refractivity (Wildman–Crippen MR) is 50.0 cm³/mol. The van der Waals surface area contributed by atoms with E-state index < -0.39 is 0 Å². The third-order valence-corrected chi connectivity index (χ3v) is 3.81. The minimum atomic E-state index is 0.694. The molecule has 1 aliphatic rings. The molecule has 0 aliphatic heterocycles. The number of alkyl halides is 1. The van der Waals surface area contributed by atoms with Crippen LogP contribution in [0.5, 0.6) is 0 Å². The fourth-order valence-corrected chi connectivity index (χ4v) is 2.56. The van der Waals surface area contributed by atoms with Gasteiger partial charge in [-0.05, 0) is 18.8 Å². The lowest BCUT2D eigenvalue weighted by atomic mass is 9.87. The minimum absolute atomic E-state index is 0.694. The topological polar surface area (TPSA) is 23.8 Å². The first-order valence-electron chi connectivity index (χ1n) is 3.85. The molecule has 1 rings (SSSR count). The Hall–Kier alpha value is 0.220. The van der Waals surface area contributed by atoms with Gasteiger partial charge in [-0.25, -0.2) is 0 Å². The van der Waals surface area contributed by atoms with Gasteiger partial charge in [0.2, 0.25) is 0 Å². The normalized spacial score (nSPS) is 33.2. The molecule has 56 valence electrons. The molecule has 1 fully saturated rings. The van der Waals surface area contributed by atoms with Crippen molar-refractivity contribution >= 4 is 22.6 Å². The number of nitriles is 1. The Morgan fingerprint density at radius 2 is 2.10 bits per heavy atom. The molecule has 0 N–H and O–H groups in total.